The van der Waals surface area contributed by atoms with Gasteiger partial charge >= 0.3 is 0 Å². The summed E-state index contributed by atoms with van der Waals surface area (Å²) in [5, 5.41) is 2.90. The number of piperazine rings is 3. The monoisotopic (exact) mass is 250 g/mol. The van der Waals surface area contributed by atoms with Crippen molar-refractivity contribution in [2.45, 2.75) is 0 Å². The number of aromatic nitrogens is 2. The summed E-state index contributed by atoms with van der Waals surface area (Å²) >= 11 is 0. The molecule has 0 aliphatic carbocycles. The van der Waals surface area contributed by atoms with E-state index in [1.807, 2.05) is 17.8 Å². The van der Waals surface area contributed by atoms with Gasteiger partial charge < -0.3 is 9.05 Å². The standard InChI is InChI=1S/C12H19N5O/c1-15-3-2-13-12(15)14-11(18)10-17-7-4-16(5-8-17)6-9-17/h2-3H,4-10H2,1H3/p+1. The van der Waals surface area contributed by atoms with Crippen LogP contribution in [0.5, 0.6) is 0 Å². The molecule has 3 saturated heterocycles. The van der Waals surface area contributed by atoms with Gasteiger partial charge in [0.25, 0.3) is 5.91 Å². The molecule has 4 heterocycles. The number of anilines is 1. The predicted molar refractivity (Wildman–Crippen MR) is 68.0 cm³/mol. The molecule has 0 spiro atoms. The zero-order chi connectivity index (χ0) is 12.6. The zero-order valence-corrected chi connectivity index (χ0v) is 10.8. The van der Waals surface area contributed by atoms with Crippen molar-refractivity contribution in [2.75, 3.05) is 51.1 Å². The Labute approximate surface area is 107 Å². The Hall–Kier alpha value is -1.40. The molecular weight excluding hydrogens is 230 g/mol. The number of imidazole rings is 1. The number of fused-ring (bicyclic) bond motifs is 3. The van der Waals surface area contributed by atoms with Crippen LogP contribution in [0.4, 0.5) is 5.95 Å². The van der Waals surface area contributed by atoms with Gasteiger partial charge in [-0.15, -0.1) is 0 Å². The molecule has 18 heavy (non-hydrogen) atoms. The fourth-order valence-corrected chi connectivity index (χ4v) is 2.92. The Balaban J connectivity index is 1.62. The molecular formula is C12H20N5O+. The largest absolute Gasteiger partial charge is 0.320 e. The first kappa shape index (κ1) is 11.7. The third-order valence-corrected chi connectivity index (χ3v) is 4.22. The lowest BCUT2D eigenvalue weighted by Crippen LogP contribution is -2.68. The van der Waals surface area contributed by atoms with Gasteiger partial charge in [-0.3, -0.25) is 15.0 Å². The number of carbonyl (C=O) groups is 1. The summed E-state index contributed by atoms with van der Waals surface area (Å²) in [6, 6.07) is 0. The zero-order valence-electron chi connectivity index (χ0n) is 10.8. The molecule has 3 fully saturated rings. The molecule has 6 heteroatoms. The van der Waals surface area contributed by atoms with Crippen LogP contribution in [0, 0.1) is 0 Å². The molecule has 0 unspecified atom stereocenters. The van der Waals surface area contributed by atoms with Gasteiger partial charge in [0.15, 0.2) is 6.54 Å². The first-order valence-electron chi connectivity index (χ1n) is 6.52. The van der Waals surface area contributed by atoms with Crippen molar-refractivity contribution in [2.24, 2.45) is 7.05 Å². The van der Waals surface area contributed by atoms with E-state index in [9.17, 15) is 4.79 Å². The van der Waals surface area contributed by atoms with Crippen molar-refractivity contribution in [3.63, 3.8) is 0 Å². The summed E-state index contributed by atoms with van der Waals surface area (Å²) in [4.78, 5) is 18.7. The maximum absolute atomic E-state index is 12.1. The number of nitrogens with zero attached hydrogens (tertiary/aromatic N) is 4. The second-order valence-electron chi connectivity index (χ2n) is 5.42. The van der Waals surface area contributed by atoms with E-state index in [2.05, 4.69) is 15.2 Å². The summed E-state index contributed by atoms with van der Waals surface area (Å²) in [5.41, 5.74) is 0. The molecule has 0 radical (unpaired) electrons. The Bertz CT molecular complexity index is 433. The molecule has 0 atom stereocenters. The smallest absolute Gasteiger partial charge is 0.281 e. The quantitative estimate of drug-likeness (QED) is 0.736. The first-order chi connectivity index (χ1) is 8.67. The van der Waals surface area contributed by atoms with Crippen LogP contribution < -0.4 is 5.32 Å². The van der Waals surface area contributed by atoms with Gasteiger partial charge in [0.2, 0.25) is 5.95 Å². The third-order valence-electron chi connectivity index (χ3n) is 4.22. The average molecular weight is 250 g/mol. The minimum Gasteiger partial charge on any atom is -0.320 e. The fraction of sp³-hybridized carbons (Fsp3) is 0.667. The number of rotatable bonds is 3. The van der Waals surface area contributed by atoms with Gasteiger partial charge in [-0.05, 0) is 0 Å². The predicted octanol–water partition coefficient (Wildman–Crippen LogP) is -0.495. The maximum Gasteiger partial charge on any atom is 0.281 e. The summed E-state index contributed by atoms with van der Waals surface area (Å²) < 4.78 is 2.78. The number of carbonyl (C=O) groups excluding carboxylic acids is 1. The highest BCUT2D eigenvalue weighted by molar-refractivity contribution is 5.90. The number of amides is 1. The Morgan fingerprint density at radius 2 is 2.06 bits per heavy atom. The second kappa shape index (κ2) is 4.37. The second-order valence-corrected chi connectivity index (χ2v) is 5.42. The van der Waals surface area contributed by atoms with Crippen LogP contribution in [0.3, 0.4) is 0 Å². The van der Waals surface area contributed by atoms with Gasteiger partial charge in [0.05, 0.1) is 19.6 Å². The molecule has 2 bridgehead atoms. The molecule has 98 valence electrons. The number of hydrogen-bond acceptors (Lipinski definition) is 3. The average Bonchev–Trinajstić information content (AvgIpc) is 2.76. The molecule has 1 amide bonds. The Morgan fingerprint density at radius 1 is 1.39 bits per heavy atom. The molecule has 1 aromatic rings. The van der Waals surface area contributed by atoms with Crippen LogP contribution in [0.25, 0.3) is 0 Å². The summed E-state index contributed by atoms with van der Waals surface area (Å²) in [5.74, 6) is 0.716. The van der Waals surface area contributed by atoms with Crippen LogP contribution in [-0.2, 0) is 11.8 Å². The molecule has 0 saturated carbocycles. The van der Waals surface area contributed by atoms with Gasteiger partial charge in [-0.1, -0.05) is 0 Å². The van der Waals surface area contributed by atoms with E-state index < -0.39 is 0 Å². The number of quaternary nitrogens is 1. The van der Waals surface area contributed by atoms with Gasteiger partial charge in [-0.25, -0.2) is 4.98 Å². The van der Waals surface area contributed by atoms with E-state index >= 15 is 0 Å². The van der Waals surface area contributed by atoms with E-state index in [4.69, 9.17) is 0 Å². The van der Waals surface area contributed by atoms with Crippen molar-refractivity contribution in [3.05, 3.63) is 12.4 Å². The molecule has 3 aliphatic heterocycles. The number of aryl methyl sites for hydroxylation is 1. The topological polar surface area (TPSA) is 50.2 Å². The highest BCUT2D eigenvalue weighted by Crippen LogP contribution is 2.19. The number of hydrogen-bond donors (Lipinski definition) is 1. The van der Waals surface area contributed by atoms with Gasteiger partial charge in [-0.2, -0.15) is 0 Å². The van der Waals surface area contributed by atoms with Crippen LogP contribution in [-0.4, -0.2) is 70.7 Å². The van der Waals surface area contributed by atoms with Crippen molar-refractivity contribution >= 4 is 11.9 Å². The minimum atomic E-state index is 0.0830. The van der Waals surface area contributed by atoms with Crippen molar-refractivity contribution in [3.8, 4) is 0 Å². The molecule has 1 N–H and O–H groups in total. The lowest BCUT2D eigenvalue weighted by molar-refractivity contribution is -0.933. The maximum atomic E-state index is 12.1. The van der Waals surface area contributed by atoms with Gasteiger partial charge in [0, 0.05) is 39.1 Å². The third kappa shape index (κ3) is 2.13. The van der Waals surface area contributed by atoms with Crippen LogP contribution in [0.15, 0.2) is 12.4 Å². The van der Waals surface area contributed by atoms with Crippen molar-refractivity contribution in [1.82, 2.24) is 14.5 Å². The summed E-state index contributed by atoms with van der Waals surface area (Å²) in [6.45, 7) is 7.30. The fourth-order valence-electron chi connectivity index (χ4n) is 2.92. The normalized spacial score (nSPS) is 30.4. The summed E-state index contributed by atoms with van der Waals surface area (Å²) in [6.07, 6.45) is 3.53. The highest BCUT2D eigenvalue weighted by atomic mass is 16.2. The number of nitrogens with one attached hydrogen (secondary N) is 1. The van der Waals surface area contributed by atoms with Crippen molar-refractivity contribution in [1.29, 1.82) is 0 Å². The van der Waals surface area contributed by atoms with Crippen molar-refractivity contribution < 1.29 is 9.28 Å². The molecule has 6 nitrogen and oxygen atoms in total. The molecule has 1 aromatic heterocycles. The summed E-state index contributed by atoms with van der Waals surface area (Å²) in [7, 11) is 1.88. The van der Waals surface area contributed by atoms with Crippen LogP contribution in [0.2, 0.25) is 0 Å². The Kier molecular flexibility index (Phi) is 2.83. The van der Waals surface area contributed by atoms with Crippen LogP contribution in [0.1, 0.15) is 0 Å². The molecule has 0 aromatic carbocycles. The van der Waals surface area contributed by atoms with E-state index in [1.54, 1.807) is 6.20 Å². The van der Waals surface area contributed by atoms with E-state index in [1.165, 1.54) is 0 Å². The SMILES string of the molecule is Cn1ccnc1NC(=O)C[N+]12CCN(CC1)CC2. The van der Waals surface area contributed by atoms with Crippen LogP contribution >= 0.6 is 0 Å². The first-order valence-corrected chi connectivity index (χ1v) is 6.52. The van der Waals surface area contributed by atoms with E-state index in [0.717, 1.165) is 43.8 Å². The highest BCUT2D eigenvalue weighted by Gasteiger charge is 2.39. The minimum absolute atomic E-state index is 0.0830. The lowest BCUT2D eigenvalue weighted by atomic mass is 10.1. The molecule has 3 aliphatic rings. The molecule has 4 rings (SSSR count). The van der Waals surface area contributed by atoms with Gasteiger partial charge in [0.1, 0.15) is 0 Å². The lowest BCUT2D eigenvalue weighted by Gasteiger charge is -2.50. The Morgan fingerprint density at radius 3 is 2.61 bits per heavy atom. The van der Waals surface area contributed by atoms with E-state index in [0.29, 0.717) is 12.5 Å². The van der Waals surface area contributed by atoms with E-state index in [-0.39, 0.29) is 5.91 Å².